The van der Waals surface area contributed by atoms with Crippen LogP contribution >= 0.6 is 0 Å². The van der Waals surface area contributed by atoms with E-state index < -0.39 is 0 Å². The number of aryl methyl sites for hydroxylation is 2. The molecule has 2 aromatic rings. The lowest BCUT2D eigenvalue weighted by Gasteiger charge is -2.07. The molecule has 3 N–H and O–H groups in total. The standard InChI is InChI=1S/C14H22O2.C7H9N/c1-3-4-5-6-7-10-16-13-9-8-12(2)14(15)11-13;1-6-2-4-7(8)5-3-6/h8-9,11,15H,3-7,10H2,1-2H3;2-5H,8H2,1H3. The van der Waals surface area contributed by atoms with Gasteiger partial charge < -0.3 is 15.6 Å². The van der Waals surface area contributed by atoms with Crippen LogP contribution in [0.4, 0.5) is 5.69 Å². The van der Waals surface area contributed by atoms with Crippen molar-refractivity contribution < 1.29 is 9.84 Å². The van der Waals surface area contributed by atoms with Crippen LogP contribution < -0.4 is 10.5 Å². The molecule has 3 heteroatoms. The Bertz CT molecular complexity index is 558. The van der Waals surface area contributed by atoms with E-state index in [-0.39, 0.29) is 0 Å². The summed E-state index contributed by atoms with van der Waals surface area (Å²) in [5.41, 5.74) is 8.39. The van der Waals surface area contributed by atoms with Crippen molar-refractivity contribution in [2.45, 2.75) is 52.9 Å². The number of hydrogen-bond donors (Lipinski definition) is 2. The molecule has 0 heterocycles. The number of phenols is 1. The molecule has 132 valence electrons. The van der Waals surface area contributed by atoms with Gasteiger partial charge in [-0.3, -0.25) is 0 Å². The first-order valence-corrected chi connectivity index (χ1v) is 8.77. The van der Waals surface area contributed by atoms with Gasteiger partial charge in [0.15, 0.2) is 0 Å². The second-order valence-corrected chi connectivity index (χ2v) is 6.12. The molecule has 0 unspecified atom stereocenters. The number of aromatic hydroxyl groups is 1. The van der Waals surface area contributed by atoms with Gasteiger partial charge in [-0.2, -0.15) is 0 Å². The molecule has 0 amide bonds. The Morgan fingerprint density at radius 1 is 0.917 bits per heavy atom. The van der Waals surface area contributed by atoms with E-state index in [2.05, 4.69) is 6.92 Å². The molecule has 0 aliphatic carbocycles. The maximum atomic E-state index is 9.49. The Balaban J connectivity index is 0.000000300. The van der Waals surface area contributed by atoms with Crippen LogP contribution in [0.1, 0.15) is 50.2 Å². The average molecular weight is 329 g/mol. The van der Waals surface area contributed by atoms with Gasteiger partial charge in [0.2, 0.25) is 0 Å². The summed E-state index contributed by atoms with van der Waals surface area (Å²) in [6.45, 7) is 6.88. The molecule has 0 aliphatic rings. The summed E-state index contributed by atoms with van der Waals surface area (Å²) in [7, 11) is 0. The predicted octanol–water partition coefficient (Wildman–Crippen LogP) is 5.63. The van der Waals surface area contributed by atoms with Crippen LogP contribution in [0.25, 0.3) is 0 Å². The maximum absolute atomic E-state index is 9.49. The zero-order chi connectivity index (χ0) is 17.8. The van der Waals surface area contributed by atoms with Crippen molar-refractivity contribution in [3.63, 3.8) is 0 Å². The molecule has 0 saturated carbocycles. The van der Waals surface area contributed by atoms with Gasteiger partial charge in [-0.05, 0) is 44.0 Å². The predicted molar refractivity (Wildman–Crippen MR) is 103 cm³/mol. The first-order valence-electron chi connectivity index (χ1n) is 8.77. The number of benzene rings is 2. The van der Waals surface area contributed by atoms with E-state index in [0.29, 0.717) is 5.75 Å². The van der Waals surface area contributed by atoms with E-state index in [4.69, 9.17) is 10.5 Å². The van der Waals surface area contributed by atoms with Gasteiger partial charge >= 0.3 is 0 Å². The van der Waals surface area contributed by atoms with Gasteiger partial charge in [0.05, 0.1) is 6.61 Å². The Labute approximate surface area is 146 Å². The second kappa shape index (κ2) is 11.4. The molecular weight excluding hydrogens is 298 g/mol. The van der Waals surface area contributed by atoms with Crippen LogP contribution in [0.5, 0.6) is 11.5 Å². The van der Waals surface area contributed by atoms with Crippen molar-refractivity contribution in [3.8, 4) is 11.5 Å². The van der Waals surface area contributed by atoms with E-state index >= 15 is 0 Å². The van der Waals surface area contributed by atoms with Crippen LogP contribution in [0, 0.1) is 13.8 Å². The molecule has 24 heavy (non-hydrogen) atoms. The van der Waals surface area contributed by atoms with Crippen molar-refractivity contribution in [3.05, 3.63) is 53.6 Å². The third kappa shape index (κ3) is 8.47. The SMILES string of the molecule is CCCCCCCOc1ccc(C)c(O)c1.Cc1ccc(N)cc1. The maximum Gasteiger partial charge on any atom is 0.122 e. The minimum Gasteiger partial charge on any atom is -0.508 e. The number of ether oxygens (including phenoxy) is 1. The van der Waals surface area contributed by atoms with Crippen LogP contribution in [0.2, 0.25) is 0 Å². The first kappa shape index (κ1) is 19.9. The third-order valence-electron chi connectivity index (χ3n) is 3.77. The van der Waals surface area contributed by atoms with Crippen molar-refractivity contribution >= 4 is 5.69 Å². The fraction of sp³-hybridized carbons (Fsp3) is 0.429. The minimum absolute atomic E-state index is 0.309. The van der Waals surface area contributed by atoms with Gasteiger partial charge in [-0.1, -0.05) is 56.4 Å². The zero-order valence-electron chi connectivity index (χ0n) is 15.2. The lowest BCUT2D eigenvalue weighted by atomic mass is 10.2. The van der Waals surface area contributed by atoms with Crippen molar-refractivity contribution in [2.24, 2.45) is 0 Å². The topological polar surface area (TPSA) is 55.5 Å². The van der Waals surface area contributed by atoms with Gasteiger partial charge in [-0.15, -0.1) is 0 Å². The normalized spacial score (nSPS) is 9.96. The third-order valence-corrected chi connectivity index (χ3v) is 3.77. The zero-order valence-corrected chi connectivity index (χ0v) is 15.2. The molecule has 0 spiro atoms. The summed E-state index contributed by atoms with van der Waals surface area (Å²) in [5, 5.41) is 9.49. The number of nitrogen functional groups attached to an aromatic ring is 1. The fourth-order valence-corrected chi connectivity index (χ4v) is 2.14. The van der Waals surface area contributed by atoms with E-state index in [1.165, 1.54) is 31.2 Å². The number of phenolic OH excluding ortho intramolecular Hbond substituents is 1. The number of nitrogens with two attached hydrogens (primary N) is 1. The van der Waals surface area contributed by atoms with E-state index in [1.54, 1.807) is 6.07 Å². The quantitative estimate of drug-likeness (QED) is 0.511. The highest BCUT2D eigenvalue weighted by Crippen LogP contribution is 2.22. The molecule has 0 radical (unpaired) electrons. The van der Waals surface area contributed by atoms with Crippen LogP contribution in [0.3, 0.4) is 0 Å². The second-order valence-electron chi connectivity index (χ2n) is 6.12. The van der Waals surface area contributed by atoms with E-state index in [1.807, 2.05) is 50.2 Å². The summed E-state index contributed by atoms with van der Waals surface area (Å²) in [4.78, 5) is 0. The molecule has 0 saturated heterocycles. The number of unbranched alkanes of at least 4 members (excludes halogenated alkanes) is 4. The van der Waals surface area contributed by atoms with Crippen molar-refractivity contribution in [1.29, 1.82) is 0 Å². The van der Waals surface area contributed by atoms with Crippen LogP contribution in [-0.2, 0) is 0 Å². The smallest absolute Gasteiger partial charge is 0.122 e. The Hall–Kier alpha value is -2.16. The fourth-order valence-electron chi connectivity index (χ4n) is 2.14. The van der Waals surface area contributed by atoms with E-state index in [9.17, 15) is 5.11 Å². The van der Waals surface area contributed by atoms with Crippen LogP contribution in [0.15, 0.2) is 42.5 Å². The molecule has 2 rings (SSSR count). The summed E-state index contributed by atoms with van der Waals surface area (Å²) in [6.07, 6.45) is 6.19. The minimum atomic E-state index is 0.309. The molecule has 0 fully saturated rings. The van der Waals surface area contributed by atoms with Crippen molar-refractivity contribution in [1.82, 2.24) is 0 Å². The number of anilines is 1. The largest absolute Gasteiger partial charge is 0.508 e. The molecular formula is C21H31NO2. The lowest BCUT2D eigenvalue weighted by molar-refractivity contribution is 0.303. The van der Waals surface area contributed by atoms with Gasteiger partial charge in [0.1, 0.15) is 11.5 Å². The highest BCUT2D eigenvalue weighted by molar-refractivity contribution is 5.39. The summed E-state index contributed by atoms with van der Waals surface area (Å²) < 4.78 is 5.56. The van der Waals surface area contributed by atoms with E-state index in [0.717, 1.165) is 30.0 Å². The van der Waals surface area contributed by atoms with Crippen LogP contribution in [-0.4, -0.2) is 11.7 Å². The summed E-state index contributed by atoms with van der Waals surface area (Å²) in [5.74, 6) is 1.07. The highest BCUT2D eigenvalue weighted by atomic mass is 16.5. The Kier molecular flexibility index (Phi) is 9.44. The molecule has 0 aromatic heterocycles. The number of rotatable bonds is 7. The molecule has 2 aromatic carbocycles. The highest BCUT2D eigenvalue weighted by Gasteiger charge is 1.99. The lowest BCUT2D eigenvalue weighted by Crippen LogP contribution is -1.97. The summed E-state index contributed by atoms with van der Waals surface area (Å²) in [6, 6.07) is 13.2. The molecule has 0 aliphatic heterocycles. The summed E-state index contributed by atoms with van der Waals surface area (Å²) >= 11 is 0. The van der Waals surface area contributed by atoms with Crippen molar-refractivity contribution in [2.75, 3.05) is 12.3 Å². The van der Waals surface area contributed by atoms with Gasteiger partial charge in [-0.25, -0.2) is 0 Å². The van der Waals surface area contributed by atoms with Gasteiger partial charge in [0.25, 0.3) is 0 Å². The average Bonchev–Trinajstić information content (AvgIpc) is 2.57. The number of hydrogen-bond acceptors (Lipinski definition) is 3. The molecule has 0 atom stereocenters. The Morgan fingerprint density at radius 3 is 2.17 bits per heavy atom. The first-order chi connectivity index (χ1) is 11.5. The van der Waals surface area contributed by atoms with Gasteiger partial charge in [0, 0.05) is 11.8 Å². The molecule has 3 nitrogen and oxygen atoms in total. The molecule has 0 bridgehead atoms. The Morgan fingerprint density at radius 2 is 1.58 bits per heavy atom. The monoisotopic (exact) mass is 329 g/mol.